The lowest BCUT2D eigenvalue weighted by Crippen LogP contribution is -2.17. The first kappa shape index (κ1) is 13.8. The first-order valence-electron chi connectivity index (χ1n) is 5.31. The van der Waals surface area contributed by atoms with Gasteiger partial charge in [-0.1, -0.05) is 12.1 Å². The molecular weight excluding hydrogens is 238 g/mol. The minimum atomic E-state index is -0.519. The predicted octanol–water partition coefficient (Wildman–Crippen LogP) is 0.817. The molecule has 0 saturated carbocycles. The molecule has 96 valence electrons. The number of hydrogen-bond donors (Lipinski definition) is 2. The van der Waals surface area contributed by atoms with Crippen molar-refractivity contribution in [3.8, 4) is 0 Å². The number of amides is 1. The molecule has 0 atom stereocenters. The van der Waals surface area contributed by atoms with Crippen molar-refractivity contribution >= 4 is 17.8 Å². The van der Waals surface area contributed by atoms with Gasteiger partial charge in [0.1, 0.15) is 0 Å². The highest BCUT2D eigenvalue weighted by Gasteiger charge is 2.09. The second-order valence-corrected chi connectivity index (χ2v) is 3.44. The van der Waals surface area contributed by atoms with E-state index in [0.717, 1.165) is 0 Å². The van der Waals surface area contributed by atoms with Gasteiger partial charge in [0.2, 0.25) is 5.91 Å². The highest BCUT2D eigenvalue weighted by molar-refractivity contribution is 5.86. The van der Waals surface area contributed by atoms with Crippen LogP contribution in [0.25, 0.3) is 0 Å². The molecule has 0 heterocycles. The van der Waals surface area contributed by atoms with Crippen molar-refractivity contribution in [1.82, 2.24) is 5.43 Å². The van der Waals surface area contributed by atoms with E-state index >= 15 is 0 Å². The van der Waals surface area contributed by atoms with Crippen LogP contribution in [-0.4, -0.2) is 28.8 Å². The maximum atomic E-state index is 11.1. The third-order valence-corrected chi connectivity index (χ3v) is 2.09. The molecule has 0 aliphatic heterocycles. The lowest BCUT2D eigenvalue weighted by Gasteiger charge is -1.98. The van der Waals surface area contributed by atoms with Gasteiger partial charge in [0.15, 0.2) is 0 Å². The Kier molecular flexibility index (Phi) is 5.46. The van der Waals surface area contributed by atoms with Crippen LogP contribution in [-0.2, 0) is 4.79 Å². The van der Waals surface area contributed by atoms with Crippen LogP contribution >= 0.6 is 0 Å². The maximum absolute atomic E-state index is 11.1. The first-order valence-corrected chi connectivity index (χ1v) is 5.31. The zero-order valence-electron chi connectivity index (χ0n) is 9.57. The van der Waals surface area contributed by atoms with E-state index < -0.39 is 4.92 Å². The topological polar surface area (TPSA) is 105 Å². The summed E-state index contributed by atoms with van der Waals surface area (Å²) in [5.74, 6) is -0.348. The van der Waals surface area contributed by atoms with Crippen molar-refractivity contribution in [1.29, 1.82) is 0 Å². The van der Waals surface area contributed by atoms with Gasteiger partial charge in [-0.05, 0) is 12.5 Å². The molecule has 0 unspecified atom stereocenters. The second-order valence-electron chi connectivity index (χ2n) is 3.44. The molecule has 0 radical (unpaired) electrons. The number of para-hydroxylation sites is 1. The summed E-state index contributed by atoms with van der Waals surface area (Å²) in [4.78, 5) is 21.3. The van der Waals surface area contributed by atoms with E-state index in [1.807, 2.05) is 0 Å². The first-order chi connectivity index (χ1) is 8.65. The van der Waals surface area contributed by atoms with E-state index in [0.29, 0.717) is 12.0 Å². The number of hydrogen-bond acceptors (Lipinski definition) is 5. The minimum absolute atomic E-state index is 0.0682. The molecule has 0 aliphatic carbocycles. The largest absolute Gasteiger partial charge is 0.396 e. The molecule has 7 nitrogen and oxygen atoms in total. The number of hydrazone groups is 1. The van der Waals surface area contributed by atoms with Gasteiger partial charge < -0.3 is 5.11 Å². The van der Waals surface area contributed by atoms with Gasteiger partial charge >= 0.3 is 0 Å². The summed E-state index contributed by atoms with van der Waals surface area (Å²) >= 11 is 0. The van der Waals surface area contributed by atoms with Gasteiger partial charge in [0, 0.05) is 19.1 Å². The second kappa shape index (κ2) is 7.13. The number of carbonyl (C=O) groups excluding carboxylic acids is 1. The lowest BCUT2D eigenvalue weighted by molar-refractivity contribution is -0.385. The fraction of sp³-hybridized carbons (Fsp3) is 0.273. The van der Waals surface area contributed by atoms with Gasteiger partial charge in [-0.25, -0.2) is 5.43 Å². The smallest absolute Gasteiger partial charge is 0.278 e. The average Bonchev–Trinajstić information content (AvgIpc) is 2.36. The molecule has 1 amide bonds. The number of carbonyl (C=O) groups is 1. The van der Waals surface area contributed by atoms with Gasteiger partial charge in [-0.3, -0.25) is 14.9 Å². The monoisotopic (exact) mass is 251 g/mol. The van der Waals surface area contributed by atoms with Gasteiger partial charge in [0.25, 0.3) is 5.69 Å². The quantitative estimate of drug-likeness (QED) is 0.443. The molecule has 0 spiro atoms. The van der Waals surface area contributed by atoms with Gasteiger partial charge in [-0.15, -0.1) is 0 Å². The van der Waals surface area contributed by atoms with Crippen LogP contribution in [0.3, 0.4) is 0 Å². The number of rotatable bonds is 6. The Bertz CT molecular complexity index is 459. The third-order valence-electron chi connectivity index (χ3n) is 2.09. The van der Waals surface area contributed by atoms with Crippen molar-refractivity contribution in [2.75, 3.05) is 6.61 Å². The molecule has 0 fully saturated rings. The summed E-state index contributed by atoms with van der Waals surface area (Å²) in [6, 6.07) is 6.08. The Hall–Kier alpha value is -2.28. The maximum Gasteiger partial charge on any atom is 0.278 e. The molecule has 0 bridgehead atoms. The van der Waals surface area contributed by atoms with Crippen LogP contribution in [0.4, 0.5) is 5.69 Å². The lowest BCUT2D eigenvalue weighted by atomic mass is 10.2. The van der Waals surface area contributed by atoms with Crippen molar-refractivity contribution in [2.24, 2.45) is 5.10 Å². The van der Waals surface area contributed by atoms with Crippen molar-refractivity contribution in [3.05, 3.63) is 39.9 Å². The summed E-state index contributed by atoms with van der Waals surface area (Å²) < 4.78 is 0. The van der Waals surface area contributed by atoms with E-state index in [-0.39, 0.29) is 24.6 Å². The Labute approximate surface area is 103 Å². The van der Waals surface area contributed by atoms with Crippen LogP contribution < -0.4 is 5.43 Å². The number of benzene rings is 1. The fourth-order valence-electron chi connectivity index (χ4n) is 1.23. The highest BCUT2D eigenvalue weighted by atomic mass is 16.6. The third kappa shape index (κ3) is 4.30. The Balaban J connectivity index is 2.62. The summed E-state index contributed by atoms with van der Waals surface area (Å²) in [5.41, 5.74) is 2.46. The van der Waals surface area contributed by atoms with Crippen molar-refractivity contribution in [3.63, 3.8) is 0 Å². The van der Waals surface area contributed by atoms with Crippen LogP contribution in [0, 0.1) is 10.1 Å². The number of nitrogens with zero attached hydrogens (tertiary/aromatic N) is 2. The molecule has 2 N–H and O–H groups in total. The van der Waals surface area contributed by atoms with E-state index in [2.05, 4.69) is 10.5 Å². The van der Waals surface area contributed by atoms with E-state index in [1.54, 1.807) is 12.1 Å². The normalized spacial score (nSPS) is 10.5. The molecule has 0 saturated heterocycles. The summed E-state index contributed by atoms with van der Waals surface area (Å²) in [5, 5.41) is 22.8. The average molecular weight is 251 g/mol. The summed E-state index contributed by atoms with van der Waals surface area (Å²) in [7, 11) is 0. The number of nitro benzene ring substituents is 1. The number of aliphatic hydroxyl groups excluding tert-OH is 1. The Morgan fingerprint density at radius 1 is 1.50 bits per heavy atom. The zero-order valence-corrected chi connectivity index (χ0v) is 9.57. The minimum Gasteiger partial charge on any atom is -0.396 e. The van der Waals surface area contributed by atoms with E-state index in [1.165, 1.54) is 18.3 Å². The van der Waals surface area contributed by atoms with Crippen molar-refractivity contribution < 1.29 is 14.8 Å². The van der Waals surface area contributed by atoms with E-state index in [4.69, 9.17) is 5.11 Å². The summed E-state index contributed by atoms with van der Waals surface area (Å²) in [6.45, 7) is -0.0682. The SMILES string of the molecule is O=C(CCCO)N/N=C\c1ccccc1[N+](=O)[O-]. The fourth-order valence-corrected chi connectivity index (χ4v) is 1.23. The highest BCUT2D eigenvalue weighted by Crippen LogP contribution is 2.14. The van der Waals surface area contributed by atoms with Crippen LogP contribution in [0.15, 0.2) is 29.4 Å². The molecule has 7 heteroatoms. The molecule has 1 aromatic carbocycles. The number of nitrogens with one attached hydrogen (secondary N) is 1. The predicted molar refractivity (Wildman–Crippen MR) is 65.2 cm³/mol. The standard InChI is InChI=1S/C11H13N3O4/c15-7-3-6-11(16)13-12-8-9-4-1-2-5-10(9)14(17)18/h1-2,4-5,8,15H,3,6-7H2,(H,13,16)/b12-8-. The molecule has 1 aromatic rings. The molecule has 0 aliphatic rings. The van der Waals surface area contributed by atoms with Gasteiger partial charge in [-0.2, -0.15) is 5.10 Å². The molecular formula is C11H13N3O4. The Morgan fingerprint density at radius 3 is 2.89 bits per heavy atom. The zero-order chi connectivity index (χ0) is 13.4. The van der Waals surface area contributed by atoms with E-state index in [9.17, 15) is 14.9 Å². The Morgan fingerprint density at radius 2 is 2.22 bits per heavy atom. The van der Waals surface area contributed by atoms with Crippen molar-refractivity contribution in [2.45, 2.75) is 12.8 Å². The van der Waals surface area contributed by atoms with Crippen LogP contribution in [0.5, 0.6) is 0 Å². The number of nitro groups is 1. The van der Waals surface area contributed by atoms with Crippen LogP contribution in [0.1, 0.15) is 18.4 Å². The summed E-state index contributed by atoms with van der Waals surface area (Å²) in [6.07, 6.45) is 1.73. The molecule has 0 aromatic heterocycles. The van der Waals surface area contributed by atoms with Crippen LogP contribution in [0.2, 0.25) is 0 Å². The number of aliphatic hydroxyl groups is 1. The van der Waals surface area contributed by atoms with Gasteiger partial charge in [0.05, 0.1) is 16.7 Å². The molecule has 18 heavy (non-hydrogen) atoms. The molecule has 1 rings (SSSR count).